The maximum Gasteiger partial charge on any atom is 0.264 e. The number of nitrogen functional groups attached to an aromatic ring is 1. The maximum absolute atomic E-state index is 15.5. The van der Waals surface area contributed by atoms with Crippen molar-refractivity contribution in [2.45, 2.75) is 44.8 Å². The third-order valence-electron chi connectivity index (χ3n) is 7.50. The molecule has 1 amide bonds. The second-order valence-corrected chi connectivity index (χ2v) is 11.2. The number of hydrogen-bond acceptors (Lipinski definition) is 9. The molecule has 0 unspecified atom stereocenters. The van der Waals surface area contributed by atoms with E-state index in [1.165, 1.54) is 12.4 Å². The number of benzene rings is 2. The second kappa shape index (κ2) is 13.2. The van der Waals surface area contributed by atoms with Gasteiger partial charge in [0.1, 0.15) is 46.8 Å². The predicted octanol–water partition coefficient (Wildman–Crippen LogP) is 4.46. The van der Waals surface area contributed by atoms with Gasteiger partial charge in [-0.2, -0.15) is 10.4 Å². The van der Waals surface area contributed by atoms with E-state index in [2.05, 4.69) is 21.4 Å². The van der Waals surface area contributed by atoms with Gasteiger partial charge >= 0.3 is 0 Å². The van der Waals surface area contributed by atoms with Crippen LogP contribution in [0.3, 0.4) is 0 Å². The topological polar surface area (TPSA) is 144 Å². The zero-order valence-corrected chi connectivity index (χ0v) is 25.0. The Morgan fingerprint density at radius 1 is 1.23 bits per heavy atom. The van der Waals surface area contributed by atoms with Crippen molar-refractivity contribution in [3.63, 3.8) is 0 Å². The minimum Gasteiger partial charge on any atom is -0.457 e. The van der Waals surface area contributed by atoms with Crippen LogP contribution in [0.5, 0.6) is 11.5 Å². The van der Waals surface area contributed by atoms with Gasteiger partial charge in [0.25, 0.3) is 5.91 Å². The van der Waals surface area contributed by atoms with Gasteiger partial charge in [-0.05, 0) is 57.0 Å². The Bertz CT molecular complexity index is 1710. The minimum absolute atomic E-state index is 0.0595. The number of fused-ring (bicyclic) bond motifs is 1. The number of halogens is 1. The number of nitrogens with one attached hydrogen (secondary N) is 1. The minimum atomic E-state index is -0.595. The van der Waals surface area contributed by atoms with Crippen LogP contribution in [0.25, 0.3) is 22.3 Å². The first-order valence-electron chi connectivity index (χ1n) is 14.4. The van der Waals surface area contributed by atoms with E-state index in [1.807, 2.05) is 32.0 Å². The van der Waals surface area contributed by atoms with E-state index < -0.39 is 11.4 Å². The molecule has 0 aliphatic carbocycles. The summed E-state index contributed by atoms with van der Waals surface area (Å²) in [7, 11) is 1.61. The molecule has 11 nitrogen and oxygen atoms in total. The molecule has 1 aliphatic heterocycles. The first-order chi connectivity index (χ1) is 21.2. The zero-order valence-electron chi connectivity index (χ0n) is 25.0. The summed E-state index contributed by atoms with van der Waals surface area (Å²) in [6, 6.07) is 15.5. The van der Waals surface area contributed by atoms with E-state index >= 15 is 4.39 Å². The first kappa shape index (κ1) is 30.6. The Morgan fingerprint density at radius 3 is 2.75 bits per heavy atom. The second-order valence-electron chi connectivity index (χ2n) is 11.2. The van der Waals surface area contributed by atoms with Gasteiger partial charge in [0.2, 0.25) is 0 Å². The van der Waals surface area contributed by atoms with Crippen molar-refractivity contribution in [2.24, 2.45) is 0 Å². The van der Waals surface area contributed by atoms with Crippen LogP contribution in [0, 0.1) is 17.1 Å². The molecule has 0 saturated carbocycles. The van der Waals surface area contributed by atoms with Crippen molar-refractivity contribution < 1.29 is 18.7 Å². The Balaban J connectivity index is 1.42. The monoisotopic (exact) mass is 598 g/mol. The fourth-order valence-electron chi connectivity index (χ4n) is 5.40. The molecule has 3 N–H and O–H groups in total. The Hall–Kier alpha value is -4.86. The number of nitrogens with zero attached hydrogens (tertiary/aromatic N) is 6. The maximum atomic E-state index is 15.5. The van der Waals surface area contributed by atoms with Gasteiger partial charge in [0.15, 0.2) is 5.65 Å². The molecular formula is C32H35FN8O3. The van der Waals surface area contributed by atoms with Crippen molar-refractivity contribution in [1.82, 2.24) is 30.0 Å². The molecule has 1 aliphatic rings. The molecule has 44 heavy (non-hydrogen) atoms. The molecular weight excluding hydrogens is 563 g/mol. The number of rotatable bonds is 11. The molecule has 1 fully saturated rings. The van der Waals surface area contributed by atoms with Crippen LogP contribution in [0.15, 0.2) is 66.5 Å². The quantitative estimate of drug-likeness (QED) is 0.145. The van der Waals surface area contributed by atoms with Crippen molar-refractivity contribution in [1.29, 1.82) is 5.26 Å². The molecule has 5 rings (SSSR count). The number of likely N-dealkylation sites (tertiary alicyclic amines) is 1. The lowest BCUT2D eigenvalue weighted by atomic mass is 10.0. The van der Waals surface area contributed by atoms with Gasteiger partial charge in [-0.1, -0.05) is 18.2 Å². The van der Waals surface area contributed by atoms with Gasteiger partial charge in [0, 0.05) is 37.4 Å². The molecule has 0 bridgehead atoms. The van der Waals surface area contributed by atoms with Crippen LogP contribution in [0.4, 0.5) is 10.2 Å². The number of nitriles is 1. The highest BCUT2D eigenvalue weighted by molar-refractivity contribution is 5.99. The van der Waals surface area contributed by atoms with E-state index in [9.17, 15) is 10.1 Å². The average Bonchev–Trinajstić information content (AvgIpc) is 3.62. The predicted molar refractivity (Wildman–Crippen MR) is 164 cm³/mol. The van der Waals surface area contributed by atoms with Gasteiger partial charge in [-0.25, -0.2) is 19.0 Å². The number of carbonyl (C=O) groups excluding carboxylic acids is 1. The summed E-state index contributed by atoms with van der Waals surface area (Å²) in [5.74, 6) is 0.198. The Morgan fingerprint density at radius 2 is 2.02 bits per heavy atom. The molecule has 3 heterocycles. The summed E-state index contributed by atoms with van der Waals surface area (Å²) in [6.07, 6.45) is 4.46. The lowest BCUT2D eigenvalue weighted by molar-refractivity contribution is -0.127. The normalized spacial score (nSPS) is 15.5. The third-order valence-corrected chi connectivity index (χ3v) is 7.50. The number of hydrogen-bond donors (Lipinski definition) is 2. The highest BCUT2D eigenvalue weighted by atomic mass is 19.1. The highest BCUT2D eigenvalue weighted by Gasteiger charge is 2.33. The number of carbonyl (C=O) groups is 1. The molecule has 228 valence electrons. The largest absolute Gasteiger partial charge is 0.457 e. The van der Waals surface area contributed by atoms with Crippen molar-refractivity contribution in [3.05, 3.63) is 72.3 Å². The lowest BCUT2D eigenvalue weighted by Gasteiger charge is -2.27. The molecule has 4 aromatic rings. The summed E-state index contributed by atoms with van der Waals surface area (Å²) < 4.78 is 28.0. The first-order valence-corrected chi connectivity index (χ1v) is 14.4. The van der Waals surface area contributed by atoms with E-state index in [4.69, 9.17) is 20.3 Å². The zero-order chi connectivity index (χ0) is 31.3. The van der Waals surface area contributed by atoms with Gasteiger partial charge < -0.3 is 25.4 Å². The highest BCUT2D eigenvalue weighted by Crippen LogP contribution is 2.35. The van der Waals surface area contributed by atoms with Crippen LogP contribution in [0.2, 0.25) is 0 Å². The van der Waals surface area contributed by atoms with Gasteiger partial charge in [-0.15, -0.1) is 0 Å². The summed E-state index contributed by atoms with van der Waals surface area (Å²) >= 11 is 0. The van der Waals surface area contributed by atoms with Crippen molar-refractivity contribution >= 4 is 22.8 Å². The van der Waals surface area contributed by atoms with Gasteiger partial charge in [0.05, 0.1) is 24.6 Å². The van der Waals surface area contributed by atoms with E-state index in [0.29, 0.717) is 54.3 Å². The van der Waals surface area contributed by atoms with Crippen LogP contribution in [-0.2, 0) is 16.1 Å². The third kappa shape index (κ3) is 6.69. The number of anilines is 1. The number of para-hydroxylation sites is 1. The lowest BCUT2D eigenvalue weighted by Crippen LogP contribution is -2.42. The van der Waals surface area contributed by atoms with Crippen molar-refractivity contribution in [3.8, 4) is 28.8 Å². The van der Waals surface area contributed by atoms with E-state index in [0.717, 1.165) is 6.42 Å². The number of ether oxygens (including phenoxy) is 2. The summed E-state index contributed by atoms with van der Waals surface area (Å²) in [4.78, 5) is 23.8. The molecule has 12 heteroatoms. The number of nitrogens with two attached hydrogens (primary N) is 1. The van der Waals surface area contributed by atoms with E-state index in [-0.39, 0.29) is 35.4 Å². The fourth-order valence-corrected chi connectivity index (χ4v) is 5.40. The molecule has 1 saturated heterocycles. The van der Waals surface area contributed by atoms with Gasteiger partial charge in [-0.3, -0.25) is 4.79 Å². The van der Waals surface area contributed by atoms with Crippen LogP contribution >= 0.6 is 0 Å². The number of amides is 1. The number of aromatic nitrogens is 4. The van der Waals surface area contributed by atoms with Crippen LogP contribution < -0.4 is 15.8 Å². The number of methoxy groups -OCH3 is 1. The Kier molecular flexibility index (Phi) is 9.18. The Labute approximate surface area is 255 Å². The molecule has 1 atom stereocenters. The van der Waals surface area contributed by atoms with Crippen molar-refractivity contribution in [2.75, 3.05) is 32.5 Å². The van der Waals surface area contributed by atoms with Crippen LogP contribution in [0.1, 0.15) is 26.7 Å². The summed E-state index contributed by atoms with van der Waals surface area (Å²) in [6.45, 7) is 5.66. The summed E-state index contributed by atoms with van der Waals surface area (Å²) in [5.41, 5.74) is 6.66. The SMILES string of the molecule is COCCNC(C)(C)/C=C(\C#N)C(=O)N1CCC[C@H]1Cn1nc(-c2ccc(Oc3ccccc3)cc2F)c2c(N)ncnc21. The fraction of sp³-hybridized carbons (Fsp3) is 0.344. The summed E-state index contributed by atoms with van der Waals surface area (Å²) in [5, 5.41) is 18.3. The standard InChI is InChI=1S/C32H35FN8O3/c1-32(2,38-13-15-43-3)17-21(18-34)31(42)40-14-7-8-22(40)19-41-30-27(29(35)36-20-37-30)28(39-41)25-12-11-24(16-26(25)33)44-23-9-5-4-6-10-23/h4-6,9-12,16-17,20,22,38H,7-8,13-15,19H2,1-3H3,(H2,35,36,37)/b21-17+/t22-/m0/s1. The molecule has 2 aromatic carbocycles. The molecule has 2 aromatic heterocycles. The molecule has 0 spiro atoms. The smallest absolute Gasteiger partial charge is 0.264 e. The van der Waals surface area contributed by atoms with E-state index in [1.54, 1.807) is 47.0 Å². The average molecular weight is 599 g/mol. The molecule has 0 radical (unpaired) electrons. The van der Waals surface area contributed by atoms with Crippen LogP contribution in [-0.4, -0.2) is 68.9 Å².